The summed E-state index contributed by atoms with van der Waals surface area (Å²) in [5.74, 6) is -4.17. The maximum Gasteiger partial charge on any atom is 0.341 e. The fraction of sp³-hybridized carbons (Fsp3) is 0.192. The average Bonchev–Trinajstić information content (AvgIpc) is 3.19. The Morgan fingerprint density at radius 2 is 1.60 bits per heavy atom. The van der Waals surface area contributed by atoms with Gasteiger partial charge in [-0.25, -0.2) is 18.0 Å². The Bertz CT molecular complexity index is 1560. The number of carboxylic acids is 1. The van der Waals surface area contributed by atoms with E-state index in [1.54, 1.807) is 12.1 Å². The van der Waals surface area contributed by atoms with Gasteiger partial charge in [-0.2, -0.15) is 5.10 Å². The number of fused-ring (bicyclic) bond motifs is 3. The smallest absolute Gasteiger partial charge is 0.341 e. The lowest BCUT2D eigenvalue weighted by molar-refractivity contribution is 0.0693. The summed E-state index contributed by atoms with van der Waals surface area (Å²) in [6, 6.07) is 11.2. The van der Waals surface area contributed by atoms with Crippen molar-refractivity contribution in [1.82, 2.24) is 14.3 Å². The monoisotopic (exact) mass is 479 g/mol. The molecule has 4 aromatic rings. The maximum atomic E-state index is 15.7. The molecule has 0 saturated heterocycles. The predicted molar refractivity (Wildman–Crippen MR) is 124 cm³/mol. The first-order chi connectivity index (χ1) is 16.7. The average molecular weight is 479 g/mol. The molecule has 0 spiro atoms. The second-order valence-electron chi connectivity index (χ2n) is 8.77. The number of aromatic carboxylic acids is 1. The zero-order chi connectivity index (χ0) is 25.0. The van der Waals surface area contributed by atoms with E-state index < -0.39 is 40.5 Å². The quantitative estimate of drug-likeness (QED) is 0.427. The van der Waals surface area contributed by atoms with Gasteiger partial charge in [-0.05, 0) is 24.1 Å². The first-order valence-corrected chi connectivity index (χ1v) is 11.0. The third-order valence-electron chi connectivity index (χ3n) is 6.34. The molecule has 0 saturated carbocycles. The molecule has 1 aliphatic heterocycles. The van der Waals surface area contributed by atoms with E-state index in [2.05, 4.69) is 5.10 Å². The lowest BCUT2D eigenvalue weighted by Crippen LogP contribution is -2.33. The number of carbonyl (C=O) groups is 1. The van der Waals surface area contributed by atoms with Crippen LogP contribution in [0.25, 0.3) is 33.8 Å². The zero-order valence-corrected chi connectivity index (χ0v) is 18.8. The highest BCUT2D eigenvalue weighted by Crippen LogP contribution is 2.45. The van der Waals surface area contributed by atoms with E-state index in [1.807, 2.05) is 13.8 Å². The summed E-state index contributed by atoms with van der Waals surface area (Å²) in [7, 11) is 0. The summed E-state index contributed by atoms with van der Waals surface area (Å²) in [5, 5.41) is 14.0. The Kier molecular flexibility index (Phi) is 5.35. The topological polar surface area (TPSA) is 77.1 Å². The maximum absolute atomic E-state index is 15.7. The first-order valence-electron chi connectivity index (χ1n) is 11.0. The fourth-order valence-corrected chi connectivity index (χ4v) is 4.63. The molecule has 0 amide bonds. The van der Waals surface area contributed by atoms with Gasteiger partial charge in [-0.3, -0.25) is 9.48 Å². The summed E-state index contributed by atoms with van der Waals surface area (Å²) in [5.41, 5.74) is -1.77. The van der Waals surface area contributed by atoms with Gasteiger partial charge in [0.2, 0.25) is 5.43 Å². The number of aromatic nitrogens is 3. The van der Waals surface area contributed by atoms with Crippen LogP contribution in [-0.4, -0.2) is 25.4 Å². The Labute approximate surface area is 197 Å². The van der Waals surface area contributed by atoms with E-state index in [9.17, 15) is 19.1 Å². The van der Waals surface area contributed by atoms with Crippen LogP contribution in [0.15, 0.2) is 59.5 Å². The highest BCUT2D eigenvalue weighted by Gasteiger charge is 2.37. The zero-order valence-electron chi connectivity index (χ0n) is 18.8. The molecule has 1 N–H and O–H groups in total. The predicted octanol–water partition coefficient (Wildman–Crippen LogP) is 5.37. The van der Waals surface area contributed by atoms with Gasteiger partial charge in [0.1, 0.15) is 28.6 Å². The van der Waals surface area contributed by atoms with Gasteiger partial charge in [-0.1, -0.05) is 44.2 Å². The molecule has 35 heavy (non-hydrogen) atoms. The number of halogens is 3. The molecule has 0 bridgehead atoms. The van der Waals surface area contributed by atoms with E-state index in [1.165, 1.54) is 45.6 Å². The molecule has 0 radical (unpaired) electrons. The van der Waals surface area contributed by atoms with Crippen molar-refractivity contribution in [3.05, 3.63) is 88.0 Å². The largest absolute Gasteiger partial charge is 0.477 e. The molecular formula is C26H20F3N3O3. The van der Waals surface area contributed by atoms with Gasteiger partial charge < -0.3 is 9.67 Å². The third-order valence-corrected chi connectivity index (χ3v) is 6.34. The van der Waals surface area contributed by atoms with Crippen molar-refractivity contribution in [2.75, 3.05) is 0 Å². The van der Waals surface area contributed by atoms with Crippen LogP contribution in [0.3, 0.4) is 0 Å². The molecule has 1 atom stereocenters. The van der Waals surface area contributed by atoms with Crippen LogP contribution in [-0.2, 0) is 6.54 Å². The first kappa shape index (κ1) is 22.6. The number of carboxylic acid groups (broad SMARTS) is 1. The molecule has 178 valence electrons. The SMILES string of the molecule is CC(C)[C@@H]1Cn2nc(-c3ccccc3F)c(-c3ccccc3F)c2-c2c(F)c(=O)c(C(=O)O)cn21. The van der Waals surface area contributed by atoms with E-state index in [4.69, 9.17) is 0 Å². The molecule has 5 rings (SSSR count). The molecule has 0 unspecified atom stereocenters. The summed E-state index contributed by atoms with van der Waals surface area (Å²) in [6.45, 7) is 3.92. The Balaban J connectivity index is 1.95. The fourth-order valence-electron chi connectivity index (χ4n) is 4.63. The summed E-state index contributed by atoms with van der Waals surface area (Å²) >= 11 is 0. The molecule has 9 heteroatoms. The molecule has 0 aliphatic carbocycles. The molecule has 3 heterocycles. The Morgan fingerprint density at radius 3 is 2.17 bits per heavy atom. The van der Waals surface area contributed by atoms with Gasteiger partial charge >= 0.3 is 5.97 Å². The van der Waals surface area contributed by atoms with E-state index in [0.717, 1.165) is 6.20 Å². The Morgan fingerprint density at radius 1 is 1.00 bits per heavy atom. The highest BCUT2D eigenvalue weighted by atomic mass is 19.1. The number of benzene rings is 2. The summed E-state index contributed by atoms with van der Waals surface area (Å²) < 4.78 is 48.5. The minimum absolute atomic E-state index is 0.0516. The molecule has 0 fully saturated rings. The van der Waals surface area contributed by atoms with Crippen LogP contribution in [0.4, 0.5) is 13.2 Å². The van der Waals surface area contributed by atoms with Crippen molar-refractivity contribution in [2.45, 2.75) is 26.4 Å². The van der Waals surface area contributed by atoms with Crippen molar-refractivity contribution in [3.8, 4) is 33.8 Å². The summed E-state index contributed by atoms with van der Waals surface area (Å²) in [6.07, 6.45) is 1.12. The number of pyridine rings is 1. The van der Waals surface area contributed by atoms with Crippen molar-refractivity contribution in [3.63, 3.8) is 0 Å². The number of nitrogens with zero attached hydrogens (tertiary/aromatic N) is 3. The summed E-state index contributed by atoms with van der Waals surface area (Å²) in [4.78, 5) is 24.3. The Hall–Kier alpha value is -4.14. The second kappa shape index (κ2) is 8.26. The van der Waals surface area contributed by atoms with Crippen molar-refractivity contribution >= 4 is 5.97 Å². The molecule has 2 aromatic carbocycles. The minimum atomic E-state index is -1.55. The van der Waals surface area contributed by atoms with Crippen molar-refractivity contribution in [1.29, 1.82) is 0 Å². The molecule has 2 aromatic heterocycles. The molecule has 6 nitrogen and oxygen atoms in total. The van der Waals surface area contributed by atoms with Crippen LogP contribution < -0.4 is 5.43 Å². The van der Waals surface area contributed by atoms with E-state index in [0.29, 0.717) is 0 Å². The standard InChI is InChI=1S/C26H20F3N3O3/c1-13(2)19-12-32-23(24-21(29)25(33)16(26(34)35)11-31(19)24)20(14-7-3-5-9-17(14)27)22(30-32)15-8-4-6-10-18(15)28/h3-11,13,19H,12H2,1-2H3,(H,34,35)/t19-/m0/s1. The van der Waals surface area contributed by atoms with Gasteiger partial charge in [-0.15, -0.1) is 0 Å². The number of rotatable bonds is 4. The lowest BCUT2D eigenvalue weighted by Gasteiger charge is -2.33. The number of hydrogen-bond acceptors (Lipinski definition) is 3. The van der Waals surface area contributed by atoms with Gasteiger partial charge in [0.15, 0.2) is 5.82 Å². The van der Waals surface area contributed by atoms with E-state index >= 15 is 8.78 Å². The van der Waals surface area contributed by atoms with Crippen molar-refractivity contribution in [2.24, 2.45) is 5.92 Å². The van der Waals surface area contributed by atoms with Gasteiger partial charge in [0, 0.05) is 22.9 Å². The van der Waals surface area contributed by atoms with E-state index in [-0.39, 0.29) is 46.2 Å². The second-order valence-corrected chi connectivity index (χ2v) is 8.77. The van der Waals surface area contributed by atoms with Crippen molar-refractivity contribution < 1.29 is 23.1 Å². The van der Waals surface area contributed by atoms with Crippen LogP contribution in [0.1, 0.15) is 30.2 Å². The van der Waals surface area contributed by atoms with Crippen LogP contribution in [0.5, 0.6) is 0 Å². The van der Waals surface area contributed by atoms with Gasteiger partial charge in [0.25, 0.3) is 0 Å². The normalized spacial score (nSPS) is 14.6. The van der Waals surface area contributed by atoms with Gasteiger partial charge in [0.05, 0.1) is 18.3 Å². The number of hydrogen-bond donors (Lipinski definition) is 1. The highest BCUT2D eigenvalue weighted by molar-refractivity contribution is 5.93. The van der Waals surface area contributed by atoms with Crippen LogP contribution in [0.2, 0.25) is 0 Å². The van der Waals surface area contributed by atoms with Crippen LogP contribution in [0, 0.1) is 23.4 Å². The molecular weight excluding hydrogens is 459 g/mol. The molecule has 1 aliphatic rings. The lowest BCUT2D eigenvalue weighted by atomic mass is 9.93. The van der Waals surface area contributed by atoms with Crippen LogP contribution >= 0.6 is 0 Å². The third kappa shape index (κ3) is 3.46. The minimum Gasteiger partial charge on any atom is -0.477 e.